The Morgan fingerprint density at radius 2 is 1.96 bits per heavy atom. The highest BCUT2D eigenvalue weighted by molar-refractivity contribution is 6.74. The van der Waals surface area contributed by atoms with E-state index in [1.54, 1.807) is 4.52 Å². The van der Waals surface area contributed by atoms with Crippen LogP contribution in [0.2, 0.25) is 18.1 Å². The van der Waals surface area contributed by atoms with Crippen molar-refractivity contribution in [1.29, 1.82) is 0 Å². The van der Waals surface area contributed by atoms with Gasteiger partial charge in [-0.3, -0.25) is 0 Å². The Bertz CT molecular complexity index is 730. The molecule has 6 nitrogen and oxygen atoms in total. The highest BCUT2D eigenvalue weighted by Gasteiger charge is 2.41. The molecule has 7 heteroatoms. The van der Waals surface area contributed by atoms with Crippen LogP contribution in [0.15, 0.2) is 18.3 Å². The molecule has 0 radical (unpaired) electrons. The van der Waals surface area contributed by atoms with Gasteiger partial charge < -0.3 is 15.1 Å². The number of fused-ring (bicyclic) bond motifs is 1. The number of pyridine rings is 1. The number of hydrogen-bond donors (Lipinski definition) is 1. The molecule has 1 aliphatic heterocycles. The van der Waals surface area contributed by atoms with Crippen LogP contribution >= 0.6 is 0 Å². The van der Waals surface area contributed by atoms with Gasteiger partial charge in [-0.2, -0.15) is 4.98 Å². The topological polar surface area (TPSA) is 68.7 Å². The van der Waals surface area contributed by atoms with E-state index in [1.807, 2.05) is 12.3 Å². The Balaban J connectivity index is 1.61. The summed E-state index contributed by atoms with van der Waals surface area (Å²) in [6.45, 7) is 15.8. The fraction of sp³-hybridized carbons (Fsp3) is 0.647. The number of anilines is 2. The number of aromatic nitrogens is 3. The Kier molecular flexibility index (Phi) is 4.12. The lowest BCUT2D eigenvalue weighted by molar-refractivity contribution is 0.115. The lowest BCUT2D eigenvalue weighted by Gasteiger charge is -2.47. The number of rotatable bonds is 4. The highest BCUT2D eigenvalue weighted by atomic mass is 28.4. The Hall–Kier alpha value is -1.60. The average molecular weight is 348 g/mol. The van der Waals surface area contributed by atoms with Gasteiger partial charge in [0.2, 0.25) is 5.95 Å². The first-order chi connectivity index (χ1) is 11.1. The summed E-state index contributed by atoms with van der Waals surface area (Å²) in [5, 5.41) is 4.43. The summed E-state index contributed by atoms with van der Waals surface area (Å²) < 4.78 is 8.28. The monoisotopic (exact) mass is 347 g/mol. The molecule has 0 saturated carbocycles. The molecule has 1 atom stereocenters. The maximum atomic E-state index is 6.53. The van der Waals surface area contributed by atoms with Crippen molar-refractivity contribution < 1.29 is 4.43 Å². The van der Waals surface area contributed by atoms with E-state index in [9.17, 15) is 0 Å². The molecule has 0 amide bonds. The first kappa shape index (κ1) is 17.2. The molecule has 2 aromatic heterocycles. The first-order valence-electron chi connectivity index (χ1n) is 8.61. The van der Waals surface area contributed by atoms with Crippen LogP contribution in [0.5, 0.6) is 0 Å². The van der Waals surface area contributed by atoms with E-state index < -0.39 is 8.32 Å². The average Bonchev–Trinajstić information content (AvgIpc) is 2.74. The molecule has 1 unspecified atom stereocenters. The van der Waals surface area contributed by atoms with E-state index in [1.165, 1.54) is 0 Å². The zero-order chi connectivity index (χ0) is 17.7. The normalized spacial score (nSPS) is 18.0. The summed E-state index contributed by atoms with van der Waals surface area (Å²) in [5.41, 5.74) is 7.59. The molecule has 0 bridgehead atoms. The molecule has 0 aromatic carbocycles. The Morgan fingerprint density at radius 1 is 1.29 bits per heavy atom. The molecule has 3 heterocycles. The van der Waals surface area contributed by atoms with Gasteiger partial charge in [0.1, 0.15) is 0 Å². The second kappa shape index (κ2) is 5.74. The molecule has 3 rings (SSSR count). The van der Waals surface area contributed by atoms with Gasteiger partial charge in [-0.15, -0.1) is 5.10 Å². The van der Waals surface area contributed by atoms with Gasteiger partial charge in [0.25, 0.3) is 0 Å². The standard InChI is InChI=1S/C17H29N5OSi/c1-12(23-24(5,6)17(2,3)4)13-9-21(10-13)14-7-8-15-19-16(18)20-22(15)11-14/h7-8,11-13H,9-10H2,1-6H3,(H2,18,20). The smallest absolute Gasteiger partial charge is 0.240 e. The first-order valence-corrected chi connectivity index (χ1v) is 11.5. The van der Waals surface area contributed by atoms with Gasteiger partial charge in [0.05, 0.1) is 11.9 Å². The van der Waals surface area contributed by atoms with Crippen molar-refractivity contribution in [2.45, 2.75) is 51.9 Å². The number of nitrogens with two attached hydrogens (primary N) is 1. The van der Waals surface area contributed by atoms with Gasteiger partial charge in [0.15, 0.2) is 14.0 Å². The van der Waals surface area contributed by atoms with Crippen molar-refractivity contribution in [3.8, 4) is 0 Å². The minimum atomic E-state index is -1.70. The molecule has 24 heavy (non-hydrogen) atoms. The van der Waals surface area contributed by atoms with Crippen molar-refractivity contribution in [3.05, 3.63) is 18.3 Å². The van der Waals surface area contributed by atoms with Gasteiger partial charge >= 0.3 is 0 Å². The van der Waals surface area contributed by atoms with Gasteiger partial charge in [-0.25, -0.2) is 4.52 Å². The maximum Gasteiger partial charge on any atom is 0.240 e. The summed E-state index contributed by atoms with van der Waals surface area (Å²) >= 11 is 0. The lowest BCUT2D eigenvalue weighted by atomic mass is 9.94. The van der Waals surface area contributed by atoms with Gasteiger partial charge in [-0.1, -0.05) is 20.8 Å². The van der Waals surface area contributed by atoms with Crippen molar-refractivity contribution in [3.63, 3.8) is 0 Å². The van der Waals surface area contributed by atoms with Crippen molar-refractivity contribution in [1.82, 2.24) is 14.6 Å². The minimum Gasteiger partial charge on any atom is -0.414 e. The van der Waals surface area contributed by atoms with Crippen molar-refractivity contribution >= 4 is 25.6 Å². The van der Waals surface area contributed by atoms with Crippen LogP contribution in [0.25, 0.3) is 5.65 Å². The summed E-state index contributed by atoms with van der Waals surface area (Å²) in [4.78, 5) is 6.51. The third-order valence-electron chi connectivity index (χ3n) is 5.56. The van der Waals surface area contributed by atoms with Gasteiger partial charge in [0, 0.05) is 25.1 Å². The molecule has 0 aliphatic carbocycles. The van der Waals surface area contributed by atoms with E-state index >= 15 is 0 Å². The molecule has 132 valence electrons. The largest absolute Gasteiger partial charge is 0.414 e. The predicted molar refractivity (Wildman–Crippen MR) is 101 cm³/mol. The van der Waals surface area contributed by atoms with Crippen LogP contribution in [0.1, 0.15) is 27.7 Å². The van der Waals surface area contributed by atoms with E-state index in [-0.39, 0.29) is 5.04 Å². The van der Waals surface area contributed by atoms with Crippen LogP contribution in [-0.4, -0.2) is 42.1 Å². The summed E-state index contributed by atoms with van der Waals surface area (Å²) in [5.74, 6) is 0.890. The van der Waals surface area contributed by atoms with E-state index in [2.05, 4.69) is 61.8 Å². The number of nitrogens with zero attached hydrogens (tertiary/aromatic N) is 4. The molecule has 2 aromatic rings. The third-order valence-corrected chi connectivity index (χ3v) is 10.1. The van der Waals surface area contributed by atoms with Crippen molar-refractivity contribution in [2.75, 3.05) is 23.7 Å². The molecule has 1 aliphatic rings. The lowest BCUT2D eigenvalue weighted by Crippen LogP contribution is -2.55. The maximum absolute atomic E-state index is 6.53. The number of nitrogen functional groups attached to an aromatic ring is 1. The zero-order valence-corrected chi connectivity index (χ0v) is 16.6. The van der Waals surface area contributed by atoms with Crippen LogP contribution in [-0.2, 0) is 4.43 Å². The van der Waals surface area contributed by atoms with E-state index in [0.717, 1.165) is 24.4 Å². The number of hydrogen-bond acceptors (Lipinski definition) is 5. The van der Waals surface area contributed by atoms with Crippen LogP contribution in [0, 0.1) is 5.92 Å². The SMILES string of the molecule is CC(O[Si](C)(C)C(C)(C)C)C1CN(c2ccc3nc(N)nn3c2)C1. The molecule has 2 N–H and O–H groups in total. The summed E-state index contributed by atoms with van der Waals surface area (Å²) in [6, 6.07) is 4.04. The second-order valence-corrected chi connectivity index (χ2v) is 13.2. The van der Waals surface area contributed by atoms with E-state index in [4.69, 9.17) is 10.2 Å². The van der Waals surface area contributed by atoms with Crippen LogP contribution in [0.3, 0.4) is 0 Å². The van der Waals surface area contributed by atoms with Gasteiger partial charge in [-0.05, 0) is 37.2 Å². The Labute approximate surface area is 145 Å². The molecule has 1 saturated heterocycles. The quantitative estimate of drug-likeness (QED) is 0.861. The molecule has 0 spiro atoms. The zero-order valence-electron chi connectivity index (χ0n) is 15.6. The minimum absolute atomic E-state index is 0.253. The molecular formula is C17H29N5OSi. The predicted octanol–water partition coefficient (Wildman–Crippen LogP) is 3.16. The fourth-order valence-corrected chi connectivity index (χ4v) is 4.31. The van der Waals surface area contributed by atoms with E-state index in [0.29, 0.717) is 18.0 Å². The second-order valence-electron chi connectivity index (χ2n) is 8.41. The van der Waals surface area contributed by atoms with Crippen LogP contribution < -0.4 is 10.6 Å². The Morgan fingerprint density at radius 3 is 2.58 bits per heavy atom. The molecule has 1 fully saturated rings. The van der Waals surface area contributed by atoms with Crippen LogP contribution in [0.4, 0.5) is 11.6 Å². The van der Waals surface area contributed by atoms with Crippen molar-refractivity contribution in [2.24, 2.45) is 5.92 Å². The third kappa shape index (κ3) is 3.15. The highest BCUT2D eigenvalue weighted by Crippen LogP contribution is 2.39. The fourth-order valence-electron chi connectivity index (χ4n) is 2.83. The molecular weight excluding hydrogens is 318 g/mol. The summed E-state index contributed by atoms with van der Waals surface area (Å²) in [7, 11) is -1.70. The summed E-state index contributed by atoms with van der Waals surface area (Å²) in [6.07, 6.45) is 2.29.